The maximum atomic E-state index is 10.7. The van der Waals surface area contributed by atoms with Crippen LogP contribution in [0.15, 0.2) is 24.3 Å². The zero-order valence-corrected chi connectivity index (χ0v) is 26.8. The molecule has 1 aromatic rings. The first-order valence-corrected chi connectivity index (χ1v) is 17.1. The number of quaternary nitrogens is 2. The van der Waals surface area contributed by atoms with Crippen molar-refractivity contribution in [2.24, 2.45) is 0 Å². The van der Waals surface area contributed by atoms with E-state index in [1.54, 1.807) is 12.1 Å². The molecule has 0 aliphatic rings. The van der Waals surface area contributed by atoms with Gasteiger partial charge in [0.05, 0.1) is 13.1 Å². The molecule has 0 radical (unpaired) electrons. The van der Waals surface area contributed by atoms with Crippen LogP contribution < -0.4 is 27.0 Å². The highest BCUT2D eigenvalue weighted by Gasteiger charge is 1.96. The van der Waals surface area contributed by atoms with Crippen molar-refractivity contribution in [2.45, 2.75) is 168 Å². The molecule has 230 valence electrons. The van der Waals surface area contributed by atoms with Crippen molar-refractivity contribution in [3.8, 4) is 0 Å². The maximum absolute atomic E-state index is 10.7. The number of hydrogen-bond donors (Lipinski definition) is 2. The lowest BCUT2D eigenvalue weighted by atomic mass is 9.80. The van der Waals surface area contributed by atoms with E-state index in [1.165, 1.54) is 147 Å². The van der Waals surface area contributed by atoms with E-state index in [0.717, 1.165) is 19.5 Å². The van der Waals surface area contributed by atoms with Crippen LogP contribution in [0.25, 0.3) is 0 Å². The van der Waals surface area contributed by atoms with Gasteiger partial charge in [-0.25, -0.2) is 0 Å². The number of benzene rings is 1. The average molecular weight is 549 g/mol. The van der Waals surface area contributed by atoms with Crippen molar-refractivity contribution >= 4 is 12.6 Å². The molecule has 4 nitrogen and oxygen atoms in total. The van der Waals surface area contributed by atoms with Crippen LogP contribution in [0, 0.1) is 0 Å². The van der Waals surface area contributed by atoms with Gasteiger partial charge in [0.25, 0.3) is 0 Å². The van der Waals surface area contributed by atoms with Gasteiger partial charge in [-0.2, -0.15) is 0 Å². The highest BCUT2D eigenvalue weighted by molar-refractivity contribution is 6.55. The van der Waals surface area contributed by atoms with E-state index in [9.17, 15) is 10.0 Å². The highest BCUT2D eigenvalue weighted by atomic mass is 16.4. The molecule has 6 N–H and O–H groups in total. The van der Waals surface area contributed by atoms with E-state index in [1.807, 2.05) is 12.1 Å². The Morgan fingerprint density at radius 3 is 1.08 bits per heavy atom. The molecule has 0 amide bonds. The molecule has 0 aliphatic carbocycles. The van der Waals surface area contributed by atoms with E-state index in [-0.39, 0.29) is 0 Å². The summed E-state index contributed by atoms with van der Waals surface area (Å²) in [4.78, 5) is 0. The van der Waals surface area contributed by atoms with Crippen LogP contribution in [0.1, 0.15) is 168 Å². The summed E-state index contributed by atoms with van der Waals surface area (Å²) < 4.78 is 0. The number of unbranched alkanes of at least 4 members (excludes halogenated alkanes) is 19. The summed E-state index contributed by atoms with van der Waals surface area (Å²) in [5, 5.41) is 21.5. The highest BCUT2D eigenvalue weighted by Crippen LogP contribution is 2.12. The van der Waals surface area contributed by atoms with Crippen LogP contribution in [0.4, 0.5) is 0 Å². The van der Waals surface area contributed by atoms with Gasteiger partial charge < -0.3 is 21.5 Å². The van der Waals surface area contributed by atoms with Gasteiger partial charge in [0.1, 0.15) is 0 Å². The first-order valence-electron chi connectivity index (χ1n) is 17.1. The first kappa shape index (κ1) is 40.3. The third kappa shape index (κ3) is 33.2. The zero-order chi connectivity index (χ0) is 29.2. The van der Waals surface area contributed by atoms with Crippen molar-refractivity contribution < 1.29 is 21.5 Å². The Balaban J connectivity index is 0. The minimum atomic E-state index is -1.85. The molecule has 0 aliphatic heterocycles. The molecule has 0 saturated heterocycles. The van der Waals surface area contributed by atoms with E-state index < -0.39 is 7.12 Å². The zero-order valence-electron chi connectivity index (χ0n) is 26.8. The Morgan fingerprint density at radius 2 is 0.769 bits per heavy atom. The van der Waals surface area contributed by atoms with Crippen molar-refractivity contribution in [1.29, 1.82) is 0 Å². The molecule has 1 rings (SSSR count). The standard InChI is InChI=1S/C18H29BO2.2C8H19N/c1-2-3-4-5-6-7-8-9-10-11-12-17-13-15-18(16-14-17)19(20)21;2*1-2-3-4-5-6-7-8-9/h13-16H,2-12H2,1H3;2*2-9H2,1H3/q-2;;/p+2. The number of hydrogen-bond acceptors (Lipinski definition) is 2. The van der Waals surface area contributed by atoms with Gasteiger partial charge in [-0.15, -0.1) is 5.46 Å². The topological polar surface area (TPSA) is 101 Å². The molecule has 0 spiro atoms. The smallest absolute Gasteiger partial charge is 0.0739 e. The molecule has 0 unspecified atom stereocenters. The predicted molar refractivity (Wildman–Crippen MR) is 170 cm³/mol. The summed E-state index contributed by atoms with van der Waals surface area (Å²) in [6.45, 7) is 8.99. The van der Waals surface area contributed by atoms with Crippen molar-refractivity contribution in [2.75, 3.05) is 13.1 Å². The SMILES string of the molecule is CCCCCCCCCCCCc1ccc(B([O-])[O-])cc1.CCCCCCCC[NH3+].CCCCCCCC[NH3+]. The van der Waals surface area contributed by atoms with E-state index >= 15 is 0 Å². The van der Waals surface area contributed by atoms with Crippen LogP contribution in [-0.4, -0.2) is 20.2 Å². The fourth-order valence-electron chi connectivity index (χ4n) is 4.57. The Hall–Kier alpha value is -0.875. The van der Waals surface area contributed by atoms with Gasteiger partial charge in [-0.1, -0.05) is 161 Å². The second-order valence-corrected chi connectivity index (χ2v) is 11.2. The molecule has 0 saturated carbocycles. The van der Waals surface area contributed by atoms with Crippen LogP contribution in [0.2, 0.25) is 0 Å². The van der Waals surface area contributed by atoms with E-state index in [2.05, 4.69) is 32.2 Å². The molecular weight excluding hydrogens is 479 g/mol. The van der Waals surface area contributed by atoms with Gasteiger partial charge in [0, 0.05) is 0 Å². The monoisotopic (exact) mass is 549 g/mol. The molecule has 0 bridgehead atoms. The van der Waals surface area contributed by atoms with Crippen molar-refractivity contribution in [1.82, 2.24) is 0 Å². The Bertz CT molecular complexity index is 529. The number of aryl methyl sites for hydroxylation is 1. The van der Waals surface area contributed by atoms with Gasteiger partial charge in [0.2, 0.25) is 0 Å². The minimum absolute atomic E-state index is 0.349. The normalized spacial score (nSPS) is 10.4. The third-order valence-corrected chi connectivity index (χ3v) is 7.28. The molecule has 0 atom stereocenters. The number of rotatable bonds is 24. The second kappa shape index (κ2) is 35.2. The minimum Gasteiger partial charge on any atom is -0.889 e. The summed E-state index contributed by atoms with van der Waals surface area (Å²) in [6, 6.07) is 7.20. The second-order valence-electron chi connectivity index (χ2n) is 11.2. The lowest BCUT2D eigenvalue weighted by molar-refractivity contribution is -0.368. The maximum Gasteiger partial charge on any atom is 0.0739 e. The molecule has 0 aromatic heterocycles. The van der Waals surface area contributed by atoms with E-state index in [4.69, 9.17) is 0 Å². The van der Waals surface area contributed by atoms with Gasteiger partial charge >= 0.3 is 0 Å². The Kier molecular flexibility index (Phi) is 36.3. The predicted octanol–water partition coefficient (Wildman–Crippen LogP) is 5.74. The molecule has 0 heterocycles. The molecule has 1 aromatic carbocycles. The lowest BCUT2D eigenvalue weighted by Gasteiger charge is -2.26. The average Bonchev–Trinajstić information content (AvgIpc) is 2.95. The van der Waals surface area contributed by atoms with E-state index in [0.29, 0.717) is 5.46 Å². The molecular formula is C34H69BN2O2. The third-order valence-electron chi connectivity index (χ3n) is 7.28. The van der Waals surface area contributed by atoms with Gasteiger partial charge in [0.15, 0.2) is 0 Å². The van der Waals surface area contributed by atoms with Crippen LogP contribution in [0.3, 0.4) is 0 Å². The lowest BCUT2D eigenvalue weighted by Crippen LogP contribution is -2.55. The molecule has 5 heteroatoms. The summed E-state index contributed by atoms with van der Waals surface area (Å²) in [5.41, 5.74) is 9.19. The van der Waals surface area contributed by atoms with Gasteiger partial charge in [-0.3, -0.25) is 0 Å². The molecule has 39 heavy (non-hydrogen) atoms. The Morgan fingerprint density at radius 1 is 0.462 bits per heavy atom. The Labute approximate surface area is 245 Å². The van der Waals surface area contributed by atoms with Gasteiger partial charge in [-0.05, 0) is 44.1 Å². The summed E-state index contributed by atoms with van der Waals surface area (Å²) >= 11 is 0. The fraction of sp³-hybridized carbons (Fsp3) is 0.824. The first-order chi connectivity index (χ1) is 19.1. The fourth-order valence-corrected chi connectivity index (χ4v) is 4.57. The van der Waals surface area contributed by atoms with Crippen molar-refractivity contribution in [3.05, 3.63) is 29.8 Å². The molecule has 0 fully saturated rings. The largest absolute Gasteiger partial charge is 0.889 e. The summed E-state index contributed by atoms with van der Waals surface area (Å²) in [7, 11) is -1.85. The van der Waals surface area contributed by atoms with Crippen LogP contribution in [-0.2, 0) is 6.42 Å². The van der Waals surface area contributed by atoms with Crippen molar-refractivity contribution in [3.63, 3.8) is 0 Å². The van der Waals surface area contributed by atoms with Crippen LogP contribution in [0.5, 0.6) is 0 Å². The summed E-state index contributed by atoms with van der Waals surface area (Å²) in [5.74, 6) is 0. The van der Waals surface area contributed by atoms with Crippen LogP contribution >= 0.6 is 0 Å². The summed E-state index contributed by atoms with van der Waals surface area (Å²) in [6.07, 6.45) is 31.2. The quantitative estimate of drug-likeness (QED) is 0.127.